The van der Waals surface area contributed by atoms with E-state index in [2.05, 4.69) is 5.32 Å². The summed E-state index contributed by atoms with van der Waals surface area (Å²) in [6.07, 6.45) is 1.57. The van der Waals surface area contributed by atoms with Crippen molar-refractivity contribution in [2.24, 2.45) is 5.92 Å². The van der Waals surface area contributed by atoms with E-state index >= 15 is 0 Å². The van der Waals surface area contributed by atoms with Crippen LogP contribution in [0.25, 0.3) is 0 Å². The standard InChI is InChI=1S/C19H19ClN2O6/c1-26-16-5-4-13(20)8-15(16)21-17(23)11-28-19(25)12-7-18(24)22(9-12)10-14-3-2-6-27-14/h2-6,8,12H,7,9-11H2,1H3,(H,21,23)/t12-/m1/s1. The number of hydrogen-bond donors (Lipinski definition) is 1. The Morgan fingerprint density at radius 1 is 1.36 bits per heavy atom. The number of benzene rings is 1. The topological polar surface area (TPSA) is 98.1 Å². The van der Waals surface area contributed by atoms with Crippen LogP contribution in [0, 0.1) is 5.92 Å². The summed E-state index contributed by atoms with van der Waals surface area (Å²) in [6.45, 7) is 0.0458. The molecule has 0 aliphatic carbocycles. The molecule has 1 fully saturated rings. The number of rotatable bonds is 7. The number of anilines is 1. The third-order valence-corrected chi connectivity index (χ3v) is 4.49. The van der Waals surface area contributed by atoms with E-state index in [1.165, 1.54) is 24.3 Å². The fourth-order valence-electron chi connectivity index (χ4n) is 2.89. The van der Waals surface area contributed by atoms with Crippen LogP contribution in [-0.4, -0.2) is 42.9 Å². The molecule has 0 saturated carbocycles. The maximum Gasteiger partial charge on any atom is 0.311 e. The molecule has 1 aliphatic rings. The largest absolute Gasteiger partial charge is 0.495 e. The number of nitrogens with zero attached hydrogens (tertiary/aromatic N) is 1. The van der Waals surface area contributed by atoms with Crippen molar-refractivity contribution in [3.05, 3.63) is 47.4 Å². The van der Waals surface area contributed by atoms with E-state index in [0.29, 0.717) is 28.8 Å². The molecule has 1 N–H and O–H groups in total. The van der Waals surface area contributed by atoms with Gasteiger partial charge in [-0.25, -0.2) is 0 Å². The van der Waals surface area contributed by atoms with E-state index in [1.54, 1.807) is 24.3 Å². The van der Waals surface area contributed by atoms with Crippen molar-refractivity contribution in [2.75, 3.05) is 25.6 Å². The van der Waals surface area contributed by atoms with Crippen LogP contribution in [0.2, 0.25) is 5.02 Å². The van der Waals surface area contributed by atoms with E-state index in [1.807, 2.05) is 0 Å². The number of esters is 1. The van der Waals surface area contributed by atoms with Crippen LogP contribution < -0.4 is 10.1 Å². The molecule has 8 nitrogen and oxygen atoms in total. The first-order valence-electron chi connectivity index (χ1n) is 8.56. The smallest absolute Gasteiger partial charge is 0.311 e. The number of carbonyl (C=O) groups is 3. The second-order valence-corrected chi connectivity index (χ2v) is 6.69. The van der Waals surface area contributed by atoms with Gasteiger partial charge in [-0.15, -0.1) is 0 Å². The van der Waals surface area contributed by atoms with Crippen molar-refractivity contribution in [3.63, 3.8) is 0 Å². The van der Waals surface area contributed by atoms with Crippen LogP contribution in [0.15, 0.2) is 41.0 Å². The van der Waals surface area contributed by atoms with Crippen molar-refractivity contribution in [1.82, 2.24) is 4.90 Å². The molecule has 148 valence electrons. The van der Waals surface area contributed by atoms with Crippen LogP contribution in [0.5, 0.6) is 5.75 Å². The molecule has 1 atom stereocenters. The number of hydrogen-bond acceptors (Lipinski definition) is 6. The molecule has 0 bridgehead atoms. The summed E-state index contributed by atoms with van der Waals surface area (Å²) in [5.41, 5.74) is 0.372. The molecule has 1 saturated heterocycles. The zero-order valence-corrected chi connectivity index (χ0v) is 15.9. The third-order valence-electron chi connectivity index (χ3n) is 4.26. The van der Waals surface area contributed by atoms with Gasteiger partial charge in [-0.1, -0.05) is 11.6 Å². The predicted octanol–water partition coefficient (Wildman–Crippen LogP) is 2.47. The van der Waals surface area contributed by atoms with Crippen LogP contribution in [-0.2, 0) is 25.7 Å². The first-order chi connectivity index (χ1) is 13.5. The average molecular weight is 407 g/mol. The molecule has 0 unspecified atom stereocenters. The Balaban J connectivity index is 1.49. The lowest BCUT2D eigenvalue weighted by Gasteiger charge is -2.15. The van der Waals surface area contributed by atoms with Crippen LogP contribution in [0.1, 0.15) is 12.2 Å². The number of furan rings is 1. The molecule has 3 rings (SSSR count). The second kappa shape index (κ2) is 8.79. The molecule has 0 spiro atoms. The van der Waals surface area contributed by atoms with Crippen molar-refractivity contribution in [2.45, 2.75) is 13.0 Å². The minimum atomic E-state index is -0.615. The first-order valence-corrected chi connectivity index (χ1v) is 8.94. The van der Waals surface area contributed by atoms with Gasteiger partial charge in [-0.3, -0.25) is 14.4 Å². The molecule has 2 aromatic rings. The second-order valence-electron chi connectivity index (χ2n) is 6.26. The van der Waals surface area contributed by atoms with E-state index in [-0.39, 0.29) is 18.9 Å². The highest BCUT2D eigenvalue weighted by Crippen LogP contribution is 2.27. The zero-order chi connectivity index (χ0) is 20.1. The lowest BCUT2D eigenvalue weighted by Crippen LogP contribution is -2.28. The lowest BCUT2D eigenvalue weighted by atomic mass is 10.1. The number of likely N-dealkylation sites (tertiary alicyclic amines) is 1. The van der Waals surface area contributed by atoms with Crippen molar-refractivity contribution in [3.8, 4) is 5.75 Å². The molecule has 9 heteroatoms. The van der Waals surface area contributed by atoms with Gasteiger partial charge in [-0.05, 0) is 30.3 Å². The van der Waals surface area contributed by atoms with Crippen molar-refractivity contribution < 1.29 is 28.3 Å². The predicted molar refractivity (Wildman–Crippen MR) is 99.8 cm³/mol. The zero-order valence-electron chi connectivity index (χ0n) is 15.1. The molecular weight excluding hydrogens is 388 g/mol. The average Bonchev–Trinajstić information content (AvgIpc) is 3.30. The number of amides is 2. The number of carbonyl (C=O) groups excluding carboxylic acids is 3. The van der Waals surface area contributed by atoms with Crippen LogP contribution in [0.4, 0.5) is 5.69 Å². The van der Waals surface area contributed by atoms with Crippen molar-refractivity contribution in [1.29, 1.82) is 0 Å². The summed E-state index contributed by atoms with van der Waals surface area (Å²) in [6, 6.07) is 8.26. The minimum Gasteiger partial charge on any atom is -0.495 e. The highest BCUT2D eigenvalue weighted by Gasteiger charge is 2.35. The van der Waals surface area contributed by atoms with Gasteiger partial charge >= 0.3 is 5.97 Å². The Morgan fingerprint density at radius 2 is 2.18 bits per heavy atom. The summed E-state index contributed by atoms with van der Waals surface area (Å²) in [5.74, 6) is -0.840. The normalized spacial score (nSPS) is 16.1. The van der Waals surface area contributed by atoms with Crippen LogP contribution in [0.3, 0.4) is 0 Å². The Kier molecular flexibility index (Phi) is 6.20. The monoisotopic (exact) mass is 406 g/mol. The molecule has 1 aromatic heterocycles. The van der Waals surface area contributed by atoms with Gasteiger partial charge in [0, 0.05) is 18.0 Å². The Labute approximate surface area is 166 Å². The fraction of sp³-hybridized carbons (Fsp3) is 0.316. The molecule has 1 aliphatic heterocycles. The Morgan fingerprint density at radius 3 is 2.89 bits per heavy atom. The van der Waals surface area contributed by atoms with E-state index in [9.17, 15) is 14.4 Å². The molecule has 1 aromatic carbocycles. The Hall–Kier alpha value is -3.00. The lowest BCUT2D eigenvalue weighted by molar-refractivity contribution is -0.151. The molecule has 2 heterocycles. The number of ether oxygens (including phenoxy) is 2. The van der Waals surface area contributed by atoms with Gasteiger partial charge in [0.15, 0.2) is 6.61 Å². The number of nitrogens with one attached hydrogen (secondary N) is 1. The summed E-state index contributed by atoms with van der Waals surface area (Å²) in [4.78, 5) is 37.9. The van der Waals surface area contributed by atoms with E-state index < -0.39 is 24.4 Å². The fourth-order valence-corrected chi connectivity index (χ4v) is 3.06. The van der Waals surface area contributed by atoms with E-state index in [0.717, 1.165) is 0 Å². The number of halogens is 1. The molecular formula is C19H19ClN2O6. The summed E-state index contributed by atoms with van der Waals surface area (Å²) < 4.78 is 15.4. The summed E-state index contributed by atoms with van der Waals surface area (Å²) in [5, 5.41) is 3.01. The number of methoxy groups -OCH3 is 1. The Bertz CT molecular complexity index is 867. The molecule has 28 heavy (non-hydrogen) atoms. The molecule has 2 amide bonds. The van der Waals surface area contributed by atoms with Gasteiger partial charge in [0.05, 0.1) is 31.5 Å². The van der Waals surface area contributed by atoms with E-state index in [4.69, 9.17) is 25.5 Å². The minimum absolute atomic E-state index is 0.0449. The van der Waals surface area contributed by atoms with Gasteiger partial charge in [0.2, 0.25) is 5.91 Å². The summed E-state index contributed by atoms with van der Waals surface area (Å²) >= 11 is 5.91. The first kappa shape index (κ1) is 19.8. The maximum absolute atomic E-state index is 12.2. The highest BCUT2D eigenvalue weighted by molar-refractivity contribution is 6.31. The van der Waals surface area contributed by atoms with Gasteiger partial charge in [0.25, 0.3) is 5.91 Å². The van der Waals surface area contributed by atoms with Gasteiger partial charge in [-0.2, -0.15) is 0 Å². The summed E-state index contributed by atoms with van der Waals surface area (Å²) in [7, 11) is 1.46. The van der Waals surface area contributed by atoms with Gasteiger partial charge in [0.1, 0.15) is 11.5 Å². The highest BCUT2D eigenvalue weighted by atomic mass is 35.5. The molecule has 0 radical (unpaired) electrons. The third kappa shape index (κ3) is 4.83. The van der Waals surface area contributed by atoms with Crippen LogP contribution >= 0.6 is 11.6 Å². The SMILES string of the molecule is COc1ccc(Cl)cc1NC(=O)COC(=O)[C@@H]1CC(=O)N(Cc2ccco2)C1. The quantitative estimate of drug-likeness (QED) is 0.709. The van der Waals surface area contributed by atoms with Gasteiger partial charge < -0.3 is 24.1 Å². The van der Waals surface area contributed by atoms with Crippen molar-refractivity contribution >= 4 is 35.1 Å². The maximum atomic E-state index is 12.2.